The number of amides is 1. The van der Waals surface area contributed by atoms with Gasteiger partial charge in [-0.3, -0.25) is 14.9 Å². The second kappa shape index (κ2) is 5.58. The molecule has 0 saturated carbocycles. The normalized spacial score (nSPS) is 10.2. The molecule has 1 amide bonds. The van der Waals surface area contributed by atoms with Crippen molar-refractivity contribution in [2.45, 2.75) is 6.92 Å². The van der Waals surface area contributed by atoms with Crippen LogP contribution >= 0.6 is 0 Å². The third-order valence-corrected chi connectivity index (χ3v) is 2.94. The van der Waals surface area contributed by atoms with E-state index >= 15 is 0 Å². The van der Waals surface area contributed by atoms with Crippen LogP contribution in [0.25, 0.3) is 0 Å². The molecule has 6 nitrogen and oxygen atoms in total. The molecular weight excluding hydrogens is 277 g/mol. The van der Waals surface area contributed by atoms with Gasteiger partial charge in [0.2, 0.25) is 0 Å². The number of nitro benzene ring substituents is 1. The van der Waals surface area contributed by atoms with Gasteiger partial charge >= 0.3 is 0 Å². The highest BCUT2D eigenvalue weighted by molar-refractivity contribution is 6.05. The standard InChI is InChI=1S/C14H12FN3O3/c1-8-6-9(2-4-11(8)16)14(19)17-12-7-10(15)3-5-13(12)18(20)21/h2-7H,16H2,1H3,(H,17,19). The quantitative estimate of drug-likeness (QED) is 0.515. The lowest BCUT2D eigenvalue weighted by Crippen LogP contribution is -2.13. The molecule has 0 aliphatic rings. The van der Waals surface area contributed by atoms with Crippen LogP contribution in [-0.4, -0.2) is 10.8 Å². The molecule has 108 valence electrons. The van der Waals surface area contributed by atoms with Gasteiger partial charge in [-0.15, -0.1) is 0 Å². The number of nitrogens with zero attached hydrogens (tertiary/aromatic N) is 1. The SMILES string of the molecule is Cc1cc(C(=O)Nc2cc(F)ccc2[N+](=O)[O-])ccc1N. The lowest BCUT2D eigenvalue weighted by molar-refractivity contribution is -0.384. The molecule has 3 N–H and O–H groups in total. The number of nitrogens with two attached hydrogens (primary N) is 1. The highest BCUT2D eigenvalue weighted by Crippen LogP contribution is 2.25. The molecule has 0 radical (unpaired) electrons. The summed E-state index contributed by atoms with van der Waals surface area (Å²) in [4.78, 5) is 22.2. The first-order valence-corrected chi connectivity index (χ1v) is 6.00. The number of nitro groups is 1. The van der Waals surface area contributed by atoms with Crippen LogP contribution in [0.1, 0.15) is 15.9 Å². The summed E-state index contributed by atoms with van der Waals surface area (Å²) in [5, 5.41) is 13.2. The third-order valence-electron chi connectivity index (χ3n) is 2.94. The number of halogens is 1. The number of rotatable bonds is 3. The van der Waals surface area contributed by atoms with E-state index in [4.69, 9.17) is 5.73 Å². The zero-order chi connectivity index (χ0) is 15.6. The smallest absolute Gasteiger partial charge is 0.292 e. The minimum Gasteiger partial charge on any atom is -0.399 e. The molecule has 2 aromatic rings. The van der Waals surface area contributed by atoms with Crippen molar-refractivity contribution in [1.29, 1.82) is 0 Å². The van der Waals surface area contributed by atoms with Crippen molar-refractivity contribution >= 4 is 23.0 Å². The van der Waals surface area contributed by atoms with E-state index in [-0.39, 0.29) is 16.9 Å². The van der Waals surface area contributed by atoms with E-state index < -0.39 is 16.6 Å². The maximum Gasteiger partial charge on any atom is 0.292 e. The van der Waals surface area contributed by atoms with Gasteiger partial charge in [-0.05, 0) is 36.8 Å². The lowest BCUT2D eigenvalue weighted by Gasteiger charge is -2.08. The Morgan fingerprint density at radius 2 is 2.00 bits per heavy atom. The minimum atomic E-state index is -0.691. The van der Waals surface area contributed by atoms with Crippen molar-refractivity contribution in [2.75, 3.05) is 11.1 Å². The molecule has 21 heavy (non-hydrogen) atoms. The highest BCUT2D eigenvalue weighted by Gasteiger charge is 2.17. The van der Waals surface area contributed by atoms with Crippen LogP contribution in [-0.2, 0) is 0 Å². The fourth-order valence-corrected chi connectivity index (χ4v) is 1.78. The van der Waals surface area contributed by atoms with Gasteiger partial charge in [0.1, 0.15) is 11.5 Å². The monoisotopic (exact) mass is 289 g/mol. The fraction of sp³-hybridized carbons (Fsp3) is 0.0714. The fourth-order valence-electron chi connectivity index (χ4n) is 1.78. The molecule has 0 atom stereocenters. The minimum absolute atomic E-state index is 0.195. The summed E-state index contributed by atoms with van der Waals surface area (Å²) in [7, 11) is 0. The predicted octanol–water partition coefficient (Wildman–Crippen LogP) is 2.88. The molecule has 2 rings (SSSR count). The molecule has 0 aliphatic heterocycles. The number of hydrogen-bond donors (Lipinski definition) is 2. The topological polar surface area (TPSA) is 98.3 Å². The second-order valence-corrected chi connectivity index (χ2v) is 4.44. The van der Waals surface area contributed by atoms with E-state index in [1.54, 1.807) is 19.1 Å². The zero-order valence-corrected chi connectivity index (χ0v) is 11.1. The Kier molecular flexibility index (Phi) is 3.84. The van der Waals surface area contributed by atoms with Crippen molar-refractivity contribution in [1.82, 2.24) is 0 Å². The van der Waals surface area contributed by atoms with Crippen molar-refractivity contribution in [2.24, 2.45) is 0 Å². The first-order chi connectivity index (χ1) is 9.88. The lowest BCUT2D eigenvalue weighted by atomic mass is 10.1. The number of aryl methyl sites for hydroxylation is 1. The number of carbonyl (C=O) groups excluding carboxylic acids is 1. The number of carbonyl (C=O) groups is 1. The summed E-state index contributed by atoms with van der Waals surface area (Å²) in [6.45, 7) is 1.73. The molecule has 7 heteroatoms. The third kappa shape index (κ3) is 3.14. The van der Waals surface area contributed by atoms with E-state index in [9.17, 15) is 19.3 Å². The molecule has 0 aliphatic carbocycles. The van der Waals surface area contributed by atoms with Gasteiger partial charge in [-0.2, -0.15) is 0 Å². The summed E-state index contributed by atoms with van der Waals surface area (Å²) in [5.41, 5.74) is 6.60. The first kappa shape index (κ1) is 14.4. The molecule has 0 fully saturated rings. The molecule has 2 aromatic carbocycles. The average Bonchev–Trinajstić information content (AvgIpc) is 2.41. The maximum absolute atomic E-state index is 13.2. The predicted molar refractivity (Wildman–Crippen MR) is 76.6 cm³/mol. The van der Waals surface area contributed by atoms with Crippen molar-refractivity contribution in [3.05, 3.63) is 63.5 Å². The molecule has 0 aromatic heterocycles. The van der Waals surface area contributed by atoms with E-state index in [0.29, 0.717) is 11.3 Å². The molecule has 0 spiro atoms. The number of benzene rings is 2. The number of anilines is 2. The van der Waals surface area contributed by atoms with Crippen LogP contribution < -0.4 is 11.1 Å². The van der Waals surface area contributed by atoms with Crippen LogP contribution in [0, 0.1) is 22.9 Å². The van der Waals surface area contributed by atoms with Crippen LogP contribution in [0.15, 0.2) is 36.4 Å². The Hall–Kier alpha value is -2.96. The molecule has 0 heterocycles. The highest BCUT2D eigenvalue weighted by atomic mass is 19.1. The largest absolute Gasteiger partial charge is 0.399 e. The van der Waals surface area contributed by atoms with E-state index in [1.807, 2.05) is 0 Å². The Morgan fingerprint density at radius 3 is 2.62 bits per heavy atom. The van der Waals surface area contributed by atoms with Gasteiger partial charge in [0.25, 0.3) is 11.6 Å². The molecule has 0 saturated heterocycles. The van der Waals surface area contributed by atoms with Gasteiger partial charge in [0.15, 0.2) is 0 Å². The van der Waals surface area contributed by atoms with Crippen LogP contribution in [0.3, 0.4) is 0 Å². The number of nitrogen functional groups attached to an aromatic ring is 1. The van der Waals surface area contributed by atoms with E-state index in [2.05, 4.69) is 5.32 Å². The Labute approximate surface area is 119 Å². The summed E-state index contributed by atoms with van der Waals surface area (Å²) in [6, 6.07) is 7.46. The second-order valence-electron chi connectivity index (χ2n) is 4.44. The summed E-state index contributed by atoms with van der Waals surface area (Å²) in [5.74, 6) is -1.25. The molecular formula is C14H12FN3O3. The Morgan fingerprint density at radius 1 is 1.29 bits per heavy atom. The van der Waals surface area contributed by atoms with Crippen molar-refractivity contribution < 1.29 is 14.1 Å². The number of hydrogen-bond acceptors (Lipinski definition) is 4. The van der Waals surface area contributed by atoms with Gasteiger partial charge in [-0.25, -0.2) is 4.39 Å². The Balaban J connectivity index is 2.33. The van der Waals surface area contributed by atoms with Crippen molar-refractivity contribution in [3.63, 3.8) is 0 Å². The molecule has 0 unspecified atom stereocenters. The van der Waals surface area contributed by atoms with Gasteiger partial charge in [0.05, 0.1) is 4.92 Å². The van der Waals surface area contributed by atoms with E-state index in [0.717, 1.165) is 18.2 Å². The van der Waals surface area contributed by atoms with Crippen LogP contribution in [0.5, 0.6) is 0 Å². The van der Waals surface area contributed by atoms with E-state index in [1.165, 1.54) is 6.07 Å². The summed E-state index contributed by atoms with van der Waals surface area (Å²) in [6.07, 6.45) is 0. The average molecular weight is 289 g/mol. The first-order valence-electron chi connectivity index (χ1n) is 6.00. The van der Waals surface area contributed by atoms with Gasteiger partial charge in [-0.1, -0.05) is 0 Å². The number of nitrogens with one attached hydrogen (secondary N) is 1. The maximum atomic E-state index is 13.2. The summed E-state index contributed by atoms with van der Waals surface area (Å²) >= 11 is 0. The van der Waals surface area contributed by atoms with Crippen LogP contribution in [0.4, 0.5) is 21.5 Å². The van der Waals surface area contributed by atoms with Crippen LogP contribution in [0.2, 0.25) is 0 Å². The molecule has 0 bridgehead atoms. The van der Waals surface area contributed by atoms with Gasteiger partial charge < -0.3 is 11.1 Å². The Bertz CT molecular complexity index is 731. The van der Waals surface area contributed by atoms with Gasteiger partial charge in [0, 0.05) is 23.4 Å². The van der Waals surface area contributed by atoms with Crippen molar-refractivity contribution in [3.8, 4) is 0 Å². The summed E-state index contributed by atoms with van der Waals surface area (Å²) < 4.78 is 13.2. The zero-order valence-electron chi connectivity index (χ0n) is 11.1.